The Morgan fingerprint density at radius 1 is 1.11 bits per heavy atom. The van der Waals surface area contributed by atoms with Crippen molar-refractivity contribution in [1.29, 1.82) is 0 Å². The normalized spacial score (nSPS) is 15.4. The minimum Gasteiger partial charge on any atom is -0.368 e. The highest BCUT2D eigenvalue weighted by atomic mass is 19.4. The number of nitrogens with zero attached hydrogens (tertiary/aromatic N) is 4. The molecule has 2 aromatic heterocycles. The monoisotopic (exact) mass is 513 g/mol. The van der Waals surface area contributed by atoms with E-state index in [0.717, 1.165) is 37.8 Å². The number of aromatic nitrogens is 3. The molecule has 0 bridgehead atoms. The number of hydrogen-bond donors (Lipinski definition) is 3. The number of aryl methyl sites for hydroxylation is 2. The van der Waals surface area contributed by atoms with Gasteiger partial charge in [-0.15, -0.1) is 0 Å². The van der Waals surface area contributed by atoms with Crippen molar-refractivity contribution >= 4 is 17.5 Å². The van der Waals surface area contributed by atoms with E-state index in [1.54, 1.807) is 42.4 Å². The van der Waals surface area contributed by atoms with Gasteiger partial charge in [0.05, 0.1) is 23.1 Å². The first kappa shape index (κ1) is 26.5. The van der Waals surface area contributed by atoms with Crippen LogP contribution in [-0.2, 0) is 23.8 Å². The topological polar surface area (TPSA) is 123 Å². The first-order valence-electron chi connectivity index (χ1n) is 12.1. The molecular formula is C26H30F3N7O. The summed E-state index contributed by atoms with van der Waals surface area (Å²) in [6.45, 7) is 1.91. The summed E-state index contributed by atoms with van der Waals surface area (Å²) < 4.78 is 41.3. The van der Waals surface area contributed by atoms with Gasteiger partial charge >= 0.3 is 6.18 Å². The number of pyridine rings is 1. The Labute approximate surface area is 213 Å². The summed E-state index contributed by atoms with van der Waals surface area (Å²) in [5.74, 6) is -0.198. The lowest BCUT2D eigenvalue weighted by Crippen LogP contribution is -2.29. The zero-order valence-corrected chi connectivity index (χ0v) is 20.5. The number of piperidine rings is 1. The number of amides is 1. The Hall–Kier alpha value is -3.57. The highest BCUT2D eigenvalue weighted by Crippen LogP contribution is 2.33. The van der Waals surface area contributed by atoms with Crippen LogP contribution in [0.3, 0.4) is 0 Å². The summed E-state index contributed by atoms with van der Waals surface area (Å²) in [5.41, 5.74) is 13.0. The number of primary amides is 1. The van der Waals surface area contributed by atoms with Gasteiger partial charge in [-0.25, -0.2) is 9.97 Å². The smallest absolute Gasteiger partial charge is 0.368 e. The van der Waals surface area contributed by atoms with E-state index in [-0.39, 0.29) is 24.5 Å². The molecule has 4 rings (SSSR count). The van der Waals surface area contributed by atoms with Gasteiger partial charge in [0.2, 0.25) is 11.9 Å². The van der Waals surface area contributed by atoms with Crippen molar-refractivity contribution in [2.24, 2.45) is 11.5 Å². The zero-order valence-electron chi connectivity index (χ0n) is 20.5. The molecule has 8 nitrogen and oxygen atoms in total. The molecule has 1 aliphatic rings. The van der Waals surface area contributed by atoms with Crippen LogP contribution >= 0.6 is 0 Å². The largest absolute Gasteiger partial charge is 0.419 e. The van der Waals surface area contributed by atoms with Crippen molar-refractivity contribution in [2.45, 2.75) is 43.8 Å². The molecule has 1 atom stereocenters. The third-order valence-electron chi connectivity index (χ3n) is 6.70. The average Bonchev–Trinajstić information content (AvgIpc) is 2.91. The second kappa shape index (κ2) is 11.2. The van der Waals surface area contributed by atoms with E-state index in [0.29, 0.717) is 22.7 Å². The Bertz CT molecular complexity index is 1230. The number of anilines is 2. The molecule has 196 valence electrons. The summed E-state index contributed by atoms with van der Waals surface area (Å²) in [7, 11) is 1.69. The van der Waals surface area contributed by atoms with Gasteiger partial charge in [0.25, 0.3) is 0 Å². The number of alkyl halides is 3. The van der Waals surface area contributed by atoms with E-state index >= 15 is 0 Å². The Balaban J connectivity index is 1.58. The number of carbonyl (C=O) groups excluding carboxylic acids is 1. The van der Waals surface area contributed by atoms with Crippen molar-refractivity contribution < 1.29 is 18.0 Å². The van der Waals surface area contributed by atoms with Crippen molar-refractivity contribution in [3.63, 3.8) is 0 Å². The Kier molecular flexibility index (Phi) is 8.03. The molecule has 11 heteroatoms. The molecule has 1 unspecified atom stereocenters. The van der Waals surface area contributed by atoms with Gasteiger partial charge in [-0.3, -0.25) is 9.78 Å². The summed E-state index contributed by atoms with van der Waals surface area (Å²) in [4.78, 5) is 26.1. The van der Waals surface area contributed by atoms with E-state index < -0.39 is 23.7 Å². The fourth-order valence-electron chi connectivity index (χ4n) is 4.54. The highest BCUT2D eigenvalue weighted by molar-refractivity contribution is 5.81. The summed E-state index contributed by atoms with van der Waals surface area (Å²) in [6.07, 6.45) is 0.0712. The number of halogens is 3. The van der Waals surface area contributed by atoms with Gasteiger partial charge in [0, 0.05) is 24.9 Å². The highest BCUT2D eigenvalue weighted by Gasteiger charge is 2.35. The fraction of sp³-hybridized carbons (Fsp3) is 0.385. The molecule has 1 fully saturated rings. The molecule has 37 heavy (non-hydrogen) atoms. The number of rotatable bonds is 8. The fourth-order valence-corrected chi connectivity index (χ4v) is 4.54. The third-order valence-corrected chi connectivity index (χ3v) is 6.70. The van der Waals surface area contributed by atoms with Gasteiger partial charge in [-0.2, -0.15) is 13.2 Å². The summed E-state index contributed by atoms with van der Waals surface area (Å²) >= 11 is 0. The lowest BCUT2D eigenvalue weighted by atomic mass is 9.94. The first-order valence-corrected chi connectivity index (χ1v) is 12.1. The van der Waals surface area contributed by atoms with Crippen LogP contribution in [0.25, 0.3) is 0 Å². The molecule has 1 amide bonds. The second-order valence-electron chi connectivity index (χ2n) is 9.13. The van der Waals surface area contributed by atoms with E-state index in [2.05, 4.69) is 20.3 Å². The number of hydrogen-bond acceptors (Lipinski definition) is 7. The van der Waals surface area contributed by atoms with Crippen molar-refractivity contribution in [2.75, 3.05) is 25.0 Å². The van der Waals surface area contributed by atoms with E-state index in [9.17, 15) is 18.0 Å². The van der Waals surface area contributed by atoms with Gasteiger partial charge < -0.3 is 21.7 Å². The number of benzene rings is 1. The third kappa shape index (κ3) is 6.23. The van der Waals surface area contributed by atoms with E-state index in [1.807, 2.05) is 12.1 Å². The van der Waals surface area contributed by atoms with Gasteiger partial charge in [-0.05, 0) is 62.0 Å². The van der Waals surface area contributed by atoms with Gasteiger partial charge in [0.15, 0.2) is 0 Å². The number of nitrogens with two attached hydrogens (primary N) is 2. The molecule has 1 aliphatic heterocycles. The maximum Gasteiger partial charge on any atom is 0.419 e. The summed E-state index contributed by atoms with van der Waals surface area (Å²) in [5, 5.41) is 3.33. The molecule has 1 aromatic carbocycles. The van der Waals surface area contributed by atoms with Crippen LogP contribution in [0.1, 0.15) is 52.9 Å². The van der Waals surface area contributed by atoms with E-state index in [1.165, 1.54) is 0 Å². The van der Waals surface area contributed by atoms with Crippen LogP contribution in [0.4, 0.5) is 24.8 Å². The molecule has 0 spiro atoms. The average molecular weight is 514 g/mol. The lowest BCUT2D eigenvalue weighted by Gasteiger charge is -2.23. The number of nitrogens with one attached hydrogen (secondary N) is 1. The SMILES string of the molecule is CN(c1ccc(C2CCNCC2)nc1)c1ncc(C(F)(F)F)c(CCc2ccccc2C(N)C(N)=O)n1. The quantitative estimate of drug-likeness (QED) is 0.422. The maximum absolute atomic E-state index is 13.8. The van der Waals surface area contributed by atoms with Crippen LogP contribution < -0.4 is 21.7 Å². The molecule has 5 N–H and O–H groups in total. The zero-order chi connectivity index (χ0) is 26.6. The second-order valence-corrected chi connectivity index (χ2v) is 9.13. The van der Waals surface area contributed by atoms with Crippen molar-refractivity contribution in [3.05, 3.63) is 76.9 Å². The molecule has 0 aliphatic carbocycles. The maximum atomic E-state index is 13.8. The summed E-state index contributed by atoms with van der Waals surface area (Å²) in [6, 6.07) is 9.58. The standard InChI is InChI=1S/C26H30F3N7O/c1-36(18-7-9-21(33-14-18)17-10-12-32-13-11-17)25-34-15-20(26(27,28)29)22(35-25)8-6-16-4-2-3-5-19(16)23(30)24(31)37/h2-5,7,9,14-15,17,23,32H,6,8,10-13,30H2,1H3,(H2,31,37). The predicted molar refractivity (Wildman–Crippen MR) is 134 cm³/mol. The van der Waals surface area contributed by atoms with Crippen LogP contribution in [0.5, 0.6) is 0 Å². The number of carbonyl (C=O) groups is 1. The van der Waals surface area contributed by atoms with Gasteiger partial charge in [0.1, 0.15) is 6.04 Å². The van der Waals surface area contributed by atoms with Crippen molar-refractivity contribution in [1.82, 2.24) is 20.3 Å². The van der Waals surface area contributed by atoms with Gasteiger partial charge in [-0.1, -0.05) is 24.3 Å². The van der Waals surface area contributed by atoms with Crippen LogP contribution in [0.15, 0.2) is 48.8 Å². The predicted octanol–water partition coefficient (Wildman–Crippen LogP) is 3.40. The molecule has 1 saturated heterocycles. The molecule has 0 saturated carbocycles. The minimum atomic E-state index is -4.62. The van der Waals surface area contributed by atoms with Crippen molar-refractivity contribution in [3.8, 4) is 0 Å². The Morgan fingerprint density at radius 2 is 1.84 bits per heavy atom. The van der Waals surface area contributed by atoms with E-state index in [4.69, 9.17) is 11.5 Å². The molecular weight excluding hydrogens is 483 g/mol. The van der Waals surface area contributed by atoms with Crippen LogP contribution in [0.2, 0.25) is 0 Å². The Morgan fingerprint density at radius 3 is 2.49 bits per heavy atom. The minimum absolute atomic E-state index is 0.0341. The van der Waals surface area contributed by atoms with Crippen LogP contribution in [-0.4, -0.2) is 41.0 Å². The molecule has 0 radical (unpaired) electrons. The lowest BCUT2D eigenvalue weighted by molar-refractivity contribution is -0.138. The van der Waals surface area contributed by atoms with Crippen LogP contribution in [0, 0.1) is 0 Å². The molecule has 3 heterocycles. The molecule has 3 aromatic rings. The first-order chi connectivity index (χ1) is 17.6.